The number of nitrogens with zero attached hydrogens (tertiary/aromatic N) is 3. The summed E-state index contributed by atoms with van der Waals surface area (Å²) in [6.07, 6.45) is 3.17. The number of amides is 1. The van der Waals surface area contributed by atoms with E-state index in [4.69, 9.17) is 0 Å². The number of hydrogen-bond donors (Lipinski definition) is 1. The molecular formula is C18H18F2N4O2. The number of fused-ring (bicyclic) bond motifs is 1. The molecule has 0 aliphatic rings. The molecule has 0 bridgehead atoms. The number of carbonyl (C=O) groups excluding carboxylic acids is 1. The number of nitrogens with one attached hydrogen (secondary N) is 1. The maximum absolute atomic E-state index is 12.3. The third-order valence-electron chi connectivity index (χ3n) is 3.76. The molecule has 6 nitrogen and oxygen atoms in total. The average Bonchev–Trinajstić information content (AvgIpc) is 3.02. The highest BCUT2D eigenvalue weighted by Crippen LogP contribution is 2.18. The highest BCUT2D eigenvalue weighted by atomic mass is 19.3. The molecule has 0 radical (unpaired) electrons. The van der Waals surface area contributed by atoms with Crippen molar-refractivity contribution in [1.82, 2.24) is 20.1 Å². The molecule has 0 saturated heterocycles. The Labute approximate surface area is 148 Å². The van der Waals surface area contributed by atoms with Gasteiger partial charge in [-0.2, -0.15) is 13.9 Å². The van der Waals surface area contributed by atoms with E-state index in [1.165, 1.54) is 18.3 Å². The Bertz CT molecular complexity index is 924. The Morgan fingerprint density at radius 3 is 2.81 bits per heavy atom. The normalized spacial score (nSPS) is 11.3. The number of benzene rings is 1. The predicted octanol–water partition coefficient (Wildman–Crippen LogP) is 3.54. The molecule has 0 atom stereocenters. The summed E-state index contributed by atoms with van der Waals surface area (Å²) in [6, 6.07) is 8.09. The second-order valence-electron chi connectivity index (χ2n) is 6.03. The van der Waals surface area contributed by atoms with Crippen LogP contribution in [0.4, 0.5) is 8.78 Å². The van der Waals surface area contributed by atoms with E-state index in [0.29, 0.717) is 16.8 Å². The smallest absolute Gasteiger partial charge is 0.387 e. The molecule has 0 spiro atoms. The Kier molecular flexibility index (Phi) is 5.11. The average molecular weight is 360 g/mol. The van der Waals surface area contributed by atoms with Crippen LogP contribution in [0.15, 0.2) is 42.7 Å². The molecule has 0 fully saturated rings. The van der Waals surface area contributed by atoms with Crippen molar-refractivity contribution in [2.45, 2.75) is 33.0 Å². The molecule has 8 heteroatoms. The summed E-state index contributed by atoms with van der Waals surface area (Å²) >= 11 is 0. The molecule has 0 unspecified atom stereocenters. The van der Waals surface area contributed by atoms with Gasteiger partial charge < -0.3 is 10.1 Å². The molecule has 3 rings (SSSR count). The van der Waals surface area contributed by atoms with Gasteiger partial charge in [0.25, 0.3) is 5.91 Å². The van der Waals surface area contributed by atoms with E-state index < -0.39 is 6.61 Å². The van der Waals surface area contributed by atoms with E-state index in [9.17, 15) is 13.6 Å². The first kappa shape index (κ1) is 17.8. The largest absolute Gasteiger partial charge is 0.435 e. The molecular weight excluding hydrogens is 342 g/mol. The fraction of sp³-hybridized carbons (Fsp3) is 0.278. The Hall–Kier alpha value is -3.03. The Morgan fingerprint density at radius 1 is 1.27 bits per heavy atom. The fourth-order valence-corrected chi connectivity index (χ4v) is 2.56. The van der Waals surface area contributed by atoms with Crippen molar-refractivity contribution in [2.24, 2.45) is 0 Å². The second-order valence-corrected chi connectivity index (χ2v) is 6.03. The van der Waals surface area contributed by atoms with Gasteiger partial charge in [-0.15, -0.1) is 0 Å². The number of carbonyl (C=O) groups is 1. The molecule has 1 aromatic carbocycles. The number of ether oxygens (including phenoxy) is 1. The highest BCUT2D eigenvalue weighted by molar-refractivity contribution is 5.96. The van der Waals surface area contributed by atoms with Gasteiger partial charge in [0, 0.05) is 24.2 Å². The first-order valence-electron chi connectivity index (χ1n) is 8.09. The zero-order valence-corrected chi connectivity index (χ0v) is 14.3. The number of rotatable bonds is 6. The summed E-state index contributed by atoms with van der Waals surface area (Å²) in [4.78, 5) is 16.7. The lowest BCUT2D eigenvalue weighted by Gasteiger charge is -2.09. The van der Waals surface area contributed by atoms with Crippen molar-refractivity contribution < 1.29 is 18.3 Å². The van der Waals surface area contributed by atoms with Crippen molar-refractivity contribution in [3.63, 3.8) is 0 Å². The van der Waals surface area contributed by atoms with E-state index in [2.05, 4.69) is 20.1 Å². The Morgan fingerprint density at radius 2 is 2.08 bits per heavy atom. The van der Waals surface area contributed by atoms with Gasteiger partial charge in [0.15, 0.2) is 5.65 Å². The van der Waals surface area contributed by atoms with E-state index in [1.807, 2.05) is 13.8 Å². The number of hydrogen-bond acceptors (Lipinski definition) is 4. The van der Waals surface area contributed by atoms with Crippen molar-refractivity contribution >= 4 is 16.9 Å². The number of alkyl halides is 2. The number of aromatic nitrogens is 3. The predicted molar refractivity (Wildman–Crippen MR) is 92.2 cm³/mol. The van der Waals surface area contributed by atoms with Crippen LogP contribution in [-0.4, -0.2) is 27.3 Å². The van der Waals surface area contributed by atoms with Crippen molar-refractivity contribution in [3.05, 3.63) is 53.9 Å². The summed E-state index contributed by atoms with van der Waals surface area (Å²) in [7, 11) is 0. The van der Waals surface area contributed by atoms with Crippen LogP contribution in [0.3, 0.4) is 0 Å². The quantitative estimate of drug-likeness (QED) is 0.730. The van der Waals surface area contributed by atoms with Crippen molar-refractivity contribution in [2.75, 3.05) is 0 Å². The van der Waals surface area contributed by atoms with Crippen molar-refractivity contribution in [1.29, 1.82) is 0 Å². The third-order valence-corrected chi connectivity index (χ3v) is 3.76. The van der Waals surface area contributed by atoms with E-state index in [-0.39, 0.29) is 24.2 Å². The zero-order chi connectivity index (χ0) is 18.7. The van der Waals surface area contributed by atoms with Gasteiger partial charge >= 0.3 is 6.61 Å². The minimum absolute atomic E-state index is 0.0518. The highest BCUT2D eigenvalue weighted by Gasteiger charge is 2.12. The van der Waals surface area contributed by atoms with Crippen LogP contribution in [0, 0.1) is 0 Å². The van der Waals surface area contributed by atoms with Gasteiger partial charge in [0.1, 0.15) is 5.75 Å². The molecule has 2 heterocycles. The lowest BCUT2D eigenvalue weighted by molar-refractivity contribution is -0.0498. The molecule has 0 aliphatic carbocycles. The first-order chi connectivity index (χ1) is 12.4. The standard InChI is InChI=1S/C18H18F2N4O2/c1-11(2)24-16-13(10-23-24)7-14(9-21-16)17(25)22-8-12-4-3-5-15(6-12)26-18(19)20/h3-7,9-11,18H,8H2,1-2H3,(H,22,25). The molecule has 0 saturated carbocycles. The SMILES string of the molecule is CC(C)n1ncc2cc(C(=O)NCc3cccc(OC(F)F)c3)cnc21. The van der Waals surface area contributed by atoms with Crippen molar-refractivity contribution in [3.8, 4) is 5.75 Å². The second kappa shape index (κ2) is 7.47. The lowest BCUT2D eigenvalue weighted by atomic mass is 10.2. The summed E-state index contributed by atoms with van der Waals surface area (Å²) in [5, 5.41) is 7.79. The van der Waals surface area contributed by atoms with Crippen LogP contribution in [0.1, 0.15) is 35.8 Å². The van der Waals surface area contributed by atoms with Crippen LogP contribution < -0.4 is 10.1 Å². The van der Waals surface area contributed by atoms with Gasteiger partial charge in [0.05, 0.1) is 11.8 Å². The minimum atomic E-state index is -2.88. The van der Waals surface area contributed by atoms with Crippen LogP contribution in [-0.2, 0) is 6.54 Å². The maximum atomic E-state index is 12.3. The summed E-state index contributed by atoms with van der Waals surface area (Å²) < 4.78 is 30.7. The molecule has 1 amide bonds. The molecule has 1 N–H and O–H groups in total. The van der Waals surface area contributed by atoms with Crippen LogP contribution in [0.2, 0.25) is 0 Å². The van der Waals surface area contributed by atoms with Gasteiger partial charge in [-0.3, -0.25) is 4.79 Å². The van der Waals surface area contributed by atoms with Gasteiger partial charge in [-0.1, -0.05) is 12.1 Å². The third kappa shape index (κ3) is 3.96. The first-order valence-corrected chi connectivity index (χ1v) is 8.09. The molecule has 0 aliphatic heterocycles. The van der Waals surface area contributed by atoms with Crippen LogP contribution in [0.25, 0.3) is 11.0 Å². The maximum Gasteiger partial charge on any atom is 0.387 e. The van der Waals surface area contributed by atoms with Gasteiger partial charge in [0.2, 0.25) is 0 Å². The molecule has 136 valence electrons. The monoisotopic (exact) mass is 360 g/mol. The zero-order valence-electron chi connectivity index (χ0n) is 14.3. The van der Waals surface area contributed by atoms with Gasteiger partial charge in [-0.25, -0.2) is 9.67 Å². The van der Waals surface area contributed by atoms with E-state index >= 15 is 0 Å². The lowest BCUT2D eigenvalue weighted by Crippen LogP contribution is -2.23. The summed E-state index contributed by atoms with van der Waals surface area (Å²) in [5.41, 5.74) is 1.77. The summed E-state index contributed by atoms with van der Waals surface area (Å²) in [5.74, 6) is -0.257. The summed E-state index contributed by atoms with van der Waals surface area (Å²) in [6.45, 7) is 1.30. The molecule has 2 aromatic heterocycles. The topological polar surface area (TPSA) is 69.0 Å². The van der Waals surface area contributed by atoms with E-state index in [1.54, 1.807) is 29.1 Å². The molecule has 26 heavy (non-hydrogen) atoms. The fourth-order valence-electron chi connectivity index (χ4n) is 2.56. The van der Waals surface area contributed by atoms with Gasteiger partial charge in [-0.05, 0) is 37.6 Å². The Balaban J connectivity index is 1.69. The molecule has 3 aromatic rings. The number of halogens is 2. The van der Waals surface area contributed by atoms with Crippen LogP contribution in [0.5, 0.6) is 5.75 Å². The minimum Gasteiger partial charge on any atom is -0.435 e. The van der Waals surface area contributed by atoms with E-state index in [0.717, 1.165) is 5.39 Å². The number of pyridine rings is 1. The van der Waals surface area contributed by atoms with Crippen LogP contribution >= 0.6 is 0 Å².